The van der Waals surface area contributed by atoms with Gasteiger partial charge in [0, 0.05) is 12.1 Å². The minimum atomic E-state index is -3.71. The number of amides is 1. The van der Waals surface area contributed by atoms with Crippen LogP contribution in [0.1, 0.15) is 5.56 Å². The summed E-state index contributed by atoms with van der Waals surface area (Å²) in [5, 5.41) is 0. The van der Waals surface area contributed by atoms with Gasteiger partial charge >= 0.3 is 0 Å². The van der Waals surface area contributed by atoms with Crippen molar-refractivity contribution in [2.45, 2.75) is 4.90 Å². The molecule has 114 valence electrons. The first-order chi connectivity index (χ1) is 9.97. The van der Waals surface area contributed by atoms with E-state index in [9.17, 15) is 13.2 Å². The lowest BCUT2D eigenvalue weighted by Crippen LogP contribution is -2.29. The summed E-state index contributed by atoms with van der Waals surface area (Å²) in [7, 11) is -3.71. The molecule has 0 aliphatic heterocycles. The van der Waals surface area contributed by atoms with Crippen LogP contribution in [0.2, 0.25) is 0 Å². The Balaban J connectivity index is 2.72. The predicted molar refractivity (Wildman–Crippen MR) is 77.6 cm³/mol. The second-order valence-corrected chi connectivity index (χ2v) is 5.65. The molecule has 0 aliphatic rings. The quantitative estimate of drug-likeness (QED) is 0.430. The first-order valence-corrected chi connectivity index (χ1v) is 7.59. The number of sulfonamides is 1. The van der Waals surface area contributed by atoms with Crippen LogP contribution in [0.3, 0.4) is 0 Å². The summed E-state index contributed by atoms with van der Waals surface area (Å²) in [4.78, 5) is 10.5. The zero-order valence-electron chi connectivity index (χ0n) is 11.3. The van der Waals surface area contributed by atoms with Crippen molar-refractivity contribution in [1.82, 2.24) is 4.72 Å². The van der Waals surface area contributed by atoms with E-state index in [1.54, 1.807) is 18.2 Å². The van der Waals surface area contributed by atoms with Crippen LogP contribution in [0.25, 0.3) is 0 Å². The number of carbonyl (C=O) groups is 1. The molecule has 0 unspecified atom stereocenters. The lowest BCUT2D eigenvalue weighted by Gasteiger charge is -2.08. The third-order valence-corrected chi connectivity index (χ3v) is 3.80. The normalized spacial score (nSPS) is 10.7. The molecule has 0 saturated carbocycles. The fourth-order valence-electron chi connectivity index (χ4n) is 1.45. The molecule has 1 amide bonds. The van der Waals surface area contributed by atoms with E-state index < -0.39 is 15.9 Å². The average Bonchev–Trinajstić information content (AvgIpc) is 2.44. The van der Waals surface area contributed by atoms with E-state index in [2.05, 4.69) is 16.6 Å². The van der Waals surface area contributed by atoms with Gasteiger partial charge in [-0.25, -0.2) is 13.1 Å². The van der Waals surface area contributed by atoms with Gasteiger partial charge in [-0.15, -0.1) is 0 Å². The van der Waals surface area contributed by atoms with Crippen LogP contribution >= 0.6 is 0 Å². The van der Waals surface area contributed by atoms with Gasteiger partial charge in [-0.05, 0) is 12.1 Å². The number of benzene rings is 1. The highest BCUT2D eigenvalue weighted by atomic mass is 32.2. The highest BCUT2D eigenvalue weighted by Gasteiger charge is 2.16. The maximum absolute atomic E-state index is 12.2. The molecule has 0 aliphatic carbocycles. The largest absolute Gasteiger partial charge is 0.370 e. The van der Waals surface area contributed by atoms with Crippen LogP contribution in [0, 0.1) is 11.8 Å². The molecule has 0 radical (unpaired) electrons. The van der Waals surface area contributed by atoms with Crippen LogP contribution in [-0.2, 0) is 19.6 Å². The highest BCUT2D eigenvalue weighted by molar-refractivity contribution is 7.89. The van der Waals surface area contributed by atoms with Crippen LogP contribution < -0.4 is 16.2 Å². The average molecular weight is 311 g/mol. The molecule has 1 rings (SSSR count). The molecular formula is C13H17N3O4S. The van der Waals surface area contributed by atoms with Gasteiger partial charge in [-0.1, -0.05) is 24.0 Å². The summed E-state index contributed by atoms with van der Waals surface area (Å²) in [6.07, 6.45) is 0. The van der Waals surface area contributed by atoms with E-state index in [4.69, 9.17) is 16.2 Å². The Morgan fingerprint density at radius 3 is 2.71 bits per heavy atom. The number of ether oxygens (including phenoxy) is 1. The van der Waals surface area contributed by atoms with E-state index in [0.717, 1.165) is 0 Å². The molecule has 0 bridgehead atoms. The molecular weight excluding hydrogens is 294 g/mol. The highest BCUT2D eigenvalue weighted by Crippen LogP contribution is 2.13. The van der Waals surface area contributed by atoms with Crippen molar-refractivity contribution in [3.63, 3.8) is 0 Å². The van der Waals surface area contributed by atoms with Crippen LogP contribution in [0.4, 0.5) is 0 Å². The lowest BCUT2D eigenvalue weighted by molar-refractivity contribution is -0.122. The Labute approximate surface area is 123 Å². The molecule has 0 fully saturated rings. The van der Waals surface area contributed by atoms with Crippen LogP contribution in [-0.4, -0.2) is 40.6 Å². The third-order valence-electron chi connectivity index (χ3n) is 2.28. The van der Waals surface area contributed by atoms with Crippen molar-refractivity contribution >= 4 is 15.9 Å². The van der Waals surface area contributed by atoms with Gasteiger partial charge in [0.05, 0.1) is 18.0 Å². The Morgan fingerprint density at radius 2 is 2.05 bits per heavy atom. The molecule has 0 saturated heterocycles. The van der Waals surface area contributed by atoms with Gasteiger partial charge in [-0.2, -0.15) is 0 Å². The molecule has 0 heterocycles. The number of nitrogens with one attached hydrogen (secondary N) is 1. The van der Waals surface area contributed by atoms with Crippen LogP contribution in [0.5, 0.6) is 0 Å². The van der Waals surface area contributed by atoms with Crippen molar-refractivity contribution in [3.05, 3.63) is 29.8 Å². The summed E-state index contributed by atoms with van der Waals surface area (Å²) in [6.45, 7) is -0.0455. The molecule has 21 heavy (non-hydrogen) atoms. The maximum atomic E-state index is 12.2. The minimum absolute atomic E-state index is 0.0221. The topological polar surface area (TPSA) is 125 Å². The first kappa shape index (κ1) is 17.1. The summed E-state index contributed by atoms with van der Waals surface area (Å²) in [5.74, 6) is 4.71. The monoisotopic (exact) mass is 311 g/mol. The van der Waals surface area contributed by atoms with E-state index in [1.165, 1.54) is 6.07 Å². The molecule has 0 atom stereocenters. The summed E-state index contributed by atoms with van der Waals surface area (Å²) in [6, 6.07) is 6.34. The van der Waals surface area contributed by atoms with E-state index in [-0.39, 0.29) is 31.2 Å². The van der Waals surface area contributed by atoms with Crippen molar-refractivity contribution in [2.24, 2.45) is 11.5 Å². The van der Waals surface area contributed by atoms with Crippen LogP contribution in [0.15, 0.2) is 29.2 Å². The summed E-state index contributed by atoms with van der Waals surface area (Å²) >= 11 is 0. The Hall–Kier alpha value is -1.92. The predicted octanol–water partition coefficient (Wildman–Crippen LogP) is -1.22. The number of hydrogen-bond acceptors (Lipinski definition) is 5. The Bertz CT molecular complexity index is 647. The standard InChI is InChI=1S/C13H17N3O4S/c14-7-3-5-11-4-1-2-6-12(11)21(18,19)16-8-9-20-10-13(15)17/h1-2,4,6,16H,7-10,14H2,(H2,15,17). The molecule has 1 aromatic carbocycles. The smallest absolute Gasteiger partial charge is 0.243 e. The molecule has 5 N–H and O–H groups in total. The zero-order chi connectivity index (χ0) is 15.7. The van der Waals surface area contributed by atoms with Crippen molar-refractivity contribution in [1.29, 1.82) is 0 Å². The fraction of sp³-hybridized carbons (Fsp3) is 0.308. The van der Waals surface area contributed by atoms with E-state index in [1.807, 2.05) is 0 Å². The second-order valence-electron chi connectivity index (χ2n) is 3.92. The SMILES string of the molecule is NCC#Cc1ccccc1S(=O)(=O)NCCOCC(N)=O. The first-order valence-electron chi connectivity index (χ1n) is 6.11. The number of carbonyl (C=O) groups excluding carboxylic acids is 1. The molecule has 1 aromatic rings. The molecule has 8 heteroatoms. The maximum Gasteiger partial charge on any atom is 0.243 e. The van der Waals surface area contributed by atoms with Crippen molar-refractivity contribution in [2.75, 3.05) is 26.3 Å². The van der Waals surface area contributed by atoms with Gasteiger partial charge < -0.3 is 16.2 Å². The molecule has 0 aromatic heterocycles. The number of nitrogens with two attached hydrogens (primary N) is 2. The number of rotatable bonds is 7. The summed E-state index contributed by atoms with van der Waals surface area (Å²) in [5.41, 5.74) is 10.5. The van der Waals surface area contributed by atoms with Gasteiger partial charge in [0.1, 0.15) is 6.61 Å². The zero-order valence-corrected chi connectivity index (χ0v) is 12.2. The Kier molecular flexibility index (Phi) is 6.84. The molecule has 0 spiro atoms. The van der Waals surface area contributed by atoms with Gasteiger partial charge in [0.25, 0.3) is 0 Å². The van der Waals surface area contributed by atoms with Gasteiger partial charge in [-0.3, -0.25) is 4.79 Å². The number of primary amides is 1. The summed E-state index contributed by atoms with van der Waals surface area (Å²) < 4.78 is 31.5. The fourth-order valence-corrected chi connectivity index (χ4v) is 2.62. The van der Waals surface area contributed by atoms with Crippen molar-refractivity contribution in [3.8, 4) is 11.8 Å². The van der Waals surface area contributed by atoms with E-state index in [0.29, 0.717) is 5.56 Å². The third kappa shape index (κ3) is 5.93. The van der Waals surface area contributed by atoms with Gasteiger partial charge in [0.15, 0.2) is 0 Å². The molecule has 7 nitrogen and oxygen atoms in total. The van der Waals surface area contributed by atoms with Gasteiger partial charge in [0.2, 0.25) is 15.9 Å². The minimum Gasteiger partial charge on any atom is -0.370 e. The van der Waals surface area contributed by atoms with E-state index >= 15 is 0 Å². The number of hydrogen-bond donors (Lipinski definition) is 3. The second kappa shape index (κ2) is 8.39. The van der Waals surface area contributed by atoms with Crippen molar-refractivity contribution < 1.29 is 17.9 Å². The Morgan fingerprint density at radius 1 is 1.33 bits per heavy atom. The lowest BCUT2D eigenvalue weighted by atomic mass is 10.2.